The molecule has 37 heavy (non-hydrogen) atoms. The molecule has 0 saturated heterocycles. The van der Waals surface area contributed by atoms with Crippen LogP contribution in [0.1, 0.15) is 5.56 Å². The number of nitrogens with zero attached hydrogens (tertiary/aromatic N) is 3. The maximum atomic E-state index is 13.9. The Morgan fingerprint density at radius 3 is 2.24 bits per heavy atom. The van der Waals surface area contributed by atoms with Gasteiger partial charge in [-0.15, -0.1) is 0 Å². The number of alkyl halides is 6. The third-order valence-corrected chi connectivity index (χ3v) is 5.56. The minimum atomic E-state index is -4.66. The second kappa shape index (κ2) is 9.94. The van der Waals surface area contributed by atoms with Gasteiger partial charge in [-0.2, -0.15) is 26.3 Å². The third-order valence-electron chi connectivity index (χ3n) is 5.56. The number of anilines is 1. The van der Waals surface area contributed by atoms with E-state index < -0.39 is 37.3 Å². The summed E-state index contributed by atoms with van der Waals surface area (Å²) >= 11 is 0. The Kier molecular flexibility index (Phi) is 7.07. The van der Waals surface area contributed by atoms with Crippen LogP contribution in [0.4, 0.5) is 36.4 Å². The van der Waals surface area contributed by atoms with Crippen LogP contribution < -0.4 is 14.4 Å². The summed E-state index contributed by atoms with van der Waals surface area (Å²) in [6.07, 6.45) is -9.16. The van der Waals surface area contributed by atoms with Crippen LogP contribution in [0.2, 0.25) is 0 Å². The van der Waals surface area contributed by atoms with Crippen LogP contribution in [-0.4, -0.2) is 68.8 Å². The SMILES string of the molecule is CN1CCN=C(c2ccc(F)cc2OCC(F)(F)F)C2=C1C(=O)N(c1ccc(OCC(F)(F)F)cc1)C2. The zero-order valence-electron chi connectivity index (χ0n) is 19.3. The maximum absolute atomic E-state index is 13.9. The lowest BCUT2D eigenvalue weighted by atomic mass is 10.0. The van der Waals surface area contributed by atoms with E-state index in [0.717, 1.165) is 12.1 Å². The lowest BCUT2D eigenvalue weighted by Gasteiger charge is -2.21. The van der Waals surface area contributed by atoms with Gasteiger partial charge in [0.15, 0.2) is 13.2 Å². The molecule has 0 spiro atoms. The Morgan fingerprint density at radius 1 is 0.946 bits per heavy atom. The predicted molar refractivity (Wildman–Crippen MR) is 119 cm³/mol. The quantitative estimate of drug-likeness (QED) is 0.506. The fourth-order valence-corrected chi connectivity index (χ4v) is 3.98. The lowest BCUT2D eigenvalue weighted by molar-refractivity contribution is -0.154. The van der Waals surface area contributed by atoms with Gasteiger partial charge in [0, 0.05) is 36.5 Å². The summed E-state index contributed by atoms with van der Waals surface area (Å²) in [7, 11) is 1.66. The van der Waals surface area contributed by atoms with Gasteiger partial charge in [-0.25, -0.2) is 4.39 Å². The van der Waals surface area contributed by atoms with Crippen molar-refractivity contribution in [2.45, 2.75) is 12.4 Å². The van der Waals surface area contributed by atoms with E-state index in [1.54, 1.807) is 11.9 Å². The fourth-order valence-electron chi connectivity index (χ4n) is 3.98. The number of amides is 1. The van der Waals surface area contributed by atoms with Crippen LogP contribution in [0.15, 0.2) is 58.7 Å². The molecule has 4 rings (SSSR count). The van der Waals surface area contributed by atoms with Gasteiger partial charge in [0.05, 0.1) is 18.8 Å². The van der Waals surface area contributed by atoms with Gasteiger partial charge in [-0.05, 0) is 36.4 Å². The van der Waals surface area contributed by atoms with Crippen molar-refractivity contribution in [3.63, 3.8) is 0 Å². The molecule has 198 valence electrons. The number of ether oxygens (including phenoxy) is 2. The van der Waals surface area contributed by atoms with Crippen molar-refractivity contribution in [1.29, 1.82) is 0 Å². The van der Waals surface area contributed by atoms with E-state index >= 15 is 0 Å². The second-order valence-corrected chi connectivity index (χ2v) is 8.31. The number of hydrogen-bond acceptors (Lipinski definition) is 5. The van der Waals surface area contributed by atoms with Gasteiger partial charge in [0.1, 0.15) is 23.0 Å². The molecule has 2 aromatic rings. The van der Waals surface area contributed by atoms with Crippen LogP contribution in [0.5, 0.6) is 11.5 Å². The third kappa shape index (κ3) is 6.15. The number of likely N-dealkylation sites (N-methyl/N-ethyl adjacent to an activating group) is 1. The van der Waals surface area contributed by atoms with Crippen molar-refractivity contribution >= 4 is 17.3 Å². The lowest BCUT2D eigenvalue weighted by Crippen LogP contribution is -2.32. The zero-order valence-corrected chi connectivity index (χ0v) is 19.3. The molecule has 0 saturated carbocycles. The standard InChI is InChI=1S/C24H20F7N3O3/c1-33-9-8-32-20(17-7-2-14(25)10-19(17)37-13-24(29,30)31)18-11-34(22(35)21(18)33)15-3-5-16(6-4-15)36-12-23(26,27)28/h2-7,10H,8-9,11-13H2,1H3. The van der Waals surface area contributed by atoms with E-state index in [1.807, 2.05) is 0 Å². The van der Waals surface area contributed by atoms with E-state index in [4.69, 9.17) is 9.47 Å². The number of rotatable bonds is 6. The van der Waals surface area contributed by atoms with Crippen molar-refractivity contribution in [3.05, 3.63) is 65.1 Å². The Balaban J connectivity index is 1.64. The Bertz CT molecular complexity index is 1240. The average Bonchev–Trinajstić information content (AvgIpc) is 3.06. The van der Waals surface area contributed by atoms with Crippen molar-refractivity contribution in [2.75, 3.05) is 44.8 Å². The van der Waals surface area contributed by atoms with Crippen molar-refractivity contribution in [3.8, 4) is 11.5 Å². The normalized spacial score (nSPS) is 16.5. The second-order valence-electron chi connectivity index (χ2n) is 8.31. The molecule has 0 N–H and O–H groups in total. The largest absolute Gasteiger partial charge is 0.484 e. The van der Waals surface area contributed by atoms with Gasteiger partial charge in [0.25, 0.3) is 5.91 Å². The summed E-state index contributed by atoms with van der Waals surface area (Å²) in [4.78, 5) is 20.9. The summed E-state index contributed by atoms with van der Waals surface area (Å²) in [5.41, 5.74) is 1.29. The van der Waals surface area contributed by atoms with Crippen LogP contribution in [0.3, 0.4) is 0 Å². The highest BCUT2D eigenvalue weighted by atomic mass is 19.4. The molecule has 0 aromatic heterocycles. The molecule has 0 unspecified atom stereocenters. The number of hydrogen-bond donors (Lipinski definition) is 0. The molecule has 0 radical (unpaired) electrons. The highest BCUT2D eigenvalue weighted by Crippen LogP contribution is 2.34. The van der Waals surface area contributed by atoms with Gasteiger partial charge in [-0.3, -0.25) is 9.79 Å². The summed E-state index contributed by atoms with van der Waals surface area (Å²) in [6, 6.07) is 8.55. The average molecular weight is 531 g/mol. The van der Waals surface area contributed by atoms with E-state index in [0.29, 0.717) is 17.8 Å². The first kappa shape index (κ1) is 26.3. The van der Waals surface area contributed by atoms with Gasteiger partial charge in [0.2, 0.25) is 0 Å². The monoisotopic (exact) mass is 531 g/mol. The van der Waals surface area contributed by atoms with Crippen molar-refractivity contribution in [2.24, 2.45) is 4.99 Å². The summed E-state index contributed by atoms with van der Waals surface area (Å²) in [5, 5.41) is 0. The van der Waals surface area contributed by atoms with Crippen LogP contribution in [0, 0.1) is 5.82 Å². The molecule has 2 aliphatic rings. The van der Waals surface area contributed by atoms with Crippen molar-refractivity contribution < 1.29 is 45.0 Å². The molecular formula is C24H20F7N3O3. The molecule has 6 nitrogen and oxygen atoms in total. The molecule has 0 fully saturated rings. The summed E-state index contributed by atoms with van der Waals surface area (Å²) in [6.45, 7) is -2.60. The van der Waals surface area contributed by atoms with Gasteiger partial charge < -0.3 is 19.3 Å². The first-order chi connectivity index (χ1) is 17.3. The van der Waals surface area contributed by atoms with Crippen LogP contribution in [-0.2, 0) is 4.79 Å². The number of aliphatic imine (C=N–C) groups is 1. The predicted octanol–water partition coefficient (Wildman–Crippen LogP) is 4.74. The number of carbonyl (C=O) groups is 1. The maximum Gasteiger partial charge on any atom is 0.422 e. The van der Waals surface area contributed by atoms with E-state index in [-0.39, 0.29) is 41.6 Å². The molecule has 2 aliphatic heterocycles. The fraction of sp³-hybridized carbons (Fsp3) is 0.333. The minimum absolute atomic E-state index is 0.0316. The topological polar surface area (TPSA) is 54.4 Å². The van der Waals surface area contributed by atoms with Gasteiger partial charge in [-0.1, -0.05) is 0 Å². The minimum Gasteiger partial charge on any atom is -0.484 e. The molecule has 1 amide bonds. The number of halogens is 7. The van der Waals surface area contributed by atoms with Crippen LogP contribution in [0.25, 0.3) is 0 Å². The molecular weight excluding hydrogens is 511 g/mol. The van der Waals surface area contributed by atoms with E-state index in [1.165, 1.54) is 35.2 Å². The highest BCUT2D eigenvalue weighted by Gasteiger charge is 2.38. The molecule has 0 atom stereocenters. The molecule has 13 heteroatoms. The Morgan fingerprint density at radius 2 is 1.59 bits per heavy atom. The molecule has 2 heterocycles. The highest BCUT2D eigenvalue weighted by molar-refractivity contribution is 6.23. The number of carbonyl (C=O) groups excluding carboxylic acids is 1. The van der Waals surface area contributed by atoms with Gasteiger partial charge >= 0.3 is 12.4 Å². The summed E-state index contributed by atoms with van der Waals surface area (Å²) < 4.78 is 99.1. The number of benzene rings is 2. The van der Waals surface area contributed by atoms with E-state index in [2.05, 4.69) is 4.99 Å². The first-order valence-electron chi connectivity index (χ1n) is 10.9. The summed E-state index contributed by atoms with van der Waals surface area (Å²) in [5.74, 6) is -1.65. The Labute approximate surface area is 206 Å². The smallest absolute Gasteiger partial charge is 0.422 e. The van der Waals surface area contributed by atoms with Crippen LogP contribution >= 0.6 is 0 Å². The zero-order chi connectivity index (χ0) is 27.0. The van der Waals surface area contributed by atoms with Crippen molar-refractivity contribution in [1.82, 2.24) is 4.90 Å². The molecule has 0 bridgehead atoms. The molecule has 0 aliphatic carbocycles. The Hall–Kier alpha value is -3.77. The van der Waals surface area contributed by atoms with E-state index in [9.17, 15) is 35.5 Å². The molecule has 2 aromatic carbocycles. The first-order valence-corrected chi connectivity index (χ1v) is 10.9.